The molecule has 1 saturated heterocycles. The first kappa shape index (κ1) is 20.4. The molecule has 1 aliphatic heterocycles. The zero-order valence-electron chi connectivity index (χ0n) is 14.4. The Balaban J connectivity index is 0.00000225. The van der Waals surface area contributed by atoms with Gasteiger partial charge in [0.2, 0.25) is 5.91 Å². The first-order valence-corrected chi connectivity index (χ1v) is 9.97. The van der Waals surface area contributed by atoms with Gasteiger partial charge in [0.1, 0.15) is 0 Å². The lowest BCUT2D eigenvalue weighted by atomic mass is 9.96. The van der Waals surface area contributed by atoms with E-state index in [9.17, 15) is 4.79 Å². The van der Waals surface area contributed by atoms with Gasteiger partial charge >= 0.3 is 0 Å². The minimum absolute atomic E-state index is 0. The van der Waals surface area contributed by atoms with Gasteiger partial charge in [-0.05, 0) is 37.1 Å². The van der Waals surface area contributed by atoms with E-state index in [-0.39, 0.29) is 24.4 Å². The molecule has 0 bridgehead atoms. The van der Waals surface area contributed by atoms with E-state index >= 15 is 0 Å². The van der Waals surface area contributed by atoms with Crippen molar-refractivity contribution < 1.29 is 4.79 Å². The van der Waals surface area contributed by atoms with E-state index in [0.29, 0.717) is 17.5 Å². The molecule has 7 heteroatoms. The Morgan fingerprint density at radius 1 is 1.28 bits per heavy atom. The fraction of sp³-hybridized carbons (Fsp3) is 0.556. The molecule has 25 heavy (non-hydrogen) atoms. The number of amides is 1. The van der Waals surface area contributed by atoms with Crippen LogP contribution in [0.15, 0.2) is 29.3 Å². The fourth-order valence-electron chi connectivity index (χ4n) is 3.19. The van der Waals surface area contributed by atoms with Gasteiger partial charge in [-0.25, -0.2) is 0 Å². The van der Waals surface area contributed by atoms with Crippen LogP contribution in [0, 0.1) is 0 Å². The van der Waals surface area contributed by atoms with Crippen molar-refractivity contribution in [2.75, 3.05) is 18.1 Å². The summed E-state index contributed by atoms with van der Waals surface area (Å²) in [5, 5.41) is 4.71. The molecule has 0 radical (unpaired) electrons. The predicted molar refractivity (Wildman–Crippen MR) is 110 cm³/mol. The summed E-state index contributed by atoms with van der Waals surface area (Å²) in [4.78, 5) is 19.4. The summed E-state index contributed by atoms with van der Waals surface area (Å²) in [5.41, 5.74) is 0.786. The Bertz CT molecular complexity index is 603. The third-order valence-corrected chi connectivity index (χ3v) is 6.13. The molecule has 1 aromatic carbocycles. The topological polar surface area (TPSA) is 44.7 Å². The molecule has 1 amide bonds. The van der Waals surface area contributed by atoms with E-state index in [1.54, 1.807) is 23.9 Å². The van der Waals surface area contributed by atoms with Gasteiger partial charge in [-0.15, -0.1) is 12.4 Å². The van der Waals surface area contributed by atoms with Crippen molar-refractivity contribution in [2.24, 2.45) is 4.99 Å². The molecule has 138 valence electrons. The van der Waals surface area contributed by atoms with Crippen LogP contribution in [0.3, 0.4) is 0 Å². The quantitative estimate of drug-likeness (QED) is 0.785. The summed E-state index contributed by atoms with van der Waals surface area (Å²) in [6, 6.07) is 7.90. The number of rotatable bonds is 4. The van der Waals surface area contributed by atoms with Crippen LogP contribution in [0.4, 0.5) is 5.69 Å². The van der Waals surface area contributed by atoms with Gasteiger partial charge in [0.15, 0.2) is 5.17 Å². The first-order valence-electron chi connectivity index (χ1n) is 8.60. The maximum atomic E-state index is 12.3. The number of hydrogen-bond acceptors (Lipinski definition) is 3. The molecule has 3 rings (SSSR count). The molecule has 1 aliphatic carbocycles. The van der Waals surface area contributed by atoms with E-state index < -0.39 is 0 Å². The standard InChI is InChI=1S/C18H24ClN3OS.ClH/c1-22-16(11-17(23)20-15-9-7-13(19)8-10-15)12-24-18(22)21-14-5-3-2-4-6-14;/h7-10,14,16H,2-6,11-12H2,1H3,(H,20,23);1H. The molecular weight excluding hydrogens is 377 g/mol. The molecule has 1 N–H and O–H groups in total. The number of hydrogen-bond donors (Lipinski definition) is 1. The molecule has 1 unspecified atom stereocenters. The van der Waals surface area contributed by atoms with E-state index in [1.165, 1.54) is 32.1 Å². The van der Waals surface area contributed by atoms with Crippen LogP contribution in [0.1, 0.15) is 38.5 Å². The first-order chi connectivity index (χ1) is 11.6. The van der Waals surface area contributed by atoms with Crippen LogP contribution in [-0.4, -0.2) is 40.9 Å². The molecule has 1 aromatic rings. The van der Waals surface area contributed by atoms with E-state index in [0.717, 1.165) is 16.6 Å². The zero-order valence-corrected chi connectivity index (χ0v) is 16.8. The van der Waals surface area contributed by atoms with Gasteiger partial charge in [-0.2, -0.15) is 0 Å². The van der Waals surface area contributed by atoms with Gasteiger partial charge in [-0.3, -0.25) is 9.79 Å². The number of nitrogens with zero attached hydrogens (tertiary/aromatic N) is 2. The van der Waals surface area contributed by atoms with E-state index in [4.69, 9.17) is 16.6 Å². The smallest absolute Gasteiger partial charge is 0.226 e. The van der Waals surface area contributed by atoms with Gasteiger partial charge < -0.3 is 10.2 Å². The van der Waals surface area contributed by atoms with Gasteiger partial charge in [0, 0.05) is 36.0 Å². The number of thioether (sulfide) groups is 1. The SMILES string of the molecule is CN1C(=NC2CCCCC2)SCC1CC(=O)Nc1ccc(Cl)cc1.Cl. The van der Waals surface area contributed by atoms with Crippen molar-refractivity contribution in [1.29, 1.82) is 0 Å². The summed E-state index contributed by atoms with van der Waals surface area (Å²) in [5.74, 6) is 0.963. The summed E-state index contributed by atoms with van der Waals surface area (Å²) in [7, 11) is 2.06. The highest BCUT2D eigenvalue weighted by atomic mass is 35.5. The Morgan fingerprint density at radius 3 is 2.64 bits per heavy atom. The molecule has 4 nitrogen and oxygen atoms in total. The van der Waals surface area contributed by atoms with Crippen molar-refractivity contribution in [3.8, 4) is 0 Å². The summed E-state index contributed by atoms with van der Waals surface area (Å²) in [6.07, 6.45) is 6.83. The molecule has 1 saturated carbocycles. The lowest BCUT2D eigenvalue weighted by Crippen LogP contribution is -2.34. The second-order valence-electron chi connectivity index (χ2n) is 6.54. The summed E-state index contributed by atoms with van der Waals surface area (Å²) in [6.45, 7) is 0. The van der Waals surface area contributed by atoms with Crippen LogP contribution in [0.2, 0.25) is 5.02 Å². The summed E-state index contributed by atoms with van der Waals surface area (Å²) < 4.78 is 0. The molecule has 2 fully saturated rings. The second kappa shape index (κ2) is 9.70. The largest absolute Gasteiger partial charge is 0.350 e. The van der Waals surface area contributed by atoms with Gasteiger partial charge in [0.25, 0.3) is 0 Å². The van der Waals surface area contributed by atoms with Crippen molar-refractivity contribution in [3.05, 3.63) is 29.3 Å². The highest BCUT2D eigenvalue weighted by Crippen LogP contribution is 2.28. The third-order valence-electron chi connectivity index (χ3n) is 4.67. The van der Waals surface area contributed by atoms with Crippen molar-refractivity contribution >= 4 is 52.5 Å². The van der Waals surface area contributed by atoms with Crippen LogP contribution in [0.5, 0.6) is 0 Å². The van der Waals surface area contributed by atoms with Gasteiger partial charge in [-0.1, -0.05) is 42.6 Å². The van der Waals surface area contributed by atoms with Crippen molar-refractivity contribution in [2.45, 2.75) is 50.6 Å². The Kier molecular flexibility index (Phi) is 7.91. The van der Waals surface area contributed by atoms with Crippen LogP contribution < -0.4 is 5.32 Å². The highest BCUT2D eigenvalue weighted by Gasteiger charge is 2.29. The average molecular weight is 402 g/mol. The van der Waals surface area contributed by atoms with E-state index in [1.807, 2.05) is 12.1 Å². The highest BCUT2D eigenvalue weighted by molar-refractivity contribution is 8.14. The van der Waals surface area contributed by atoms with Crippen LogP contribution in [-0.2, 0) is 4.79 Å². The number of anilines is 1. The monoisotopic (exact) mass is 401 g/mol. The minimum atomic E-state index is 0. The number of amidine groups is 1. The number of benzene rings is 1. The number of halogens is 2. The zero-order chi connectivity index (χ0) is 16.9. The Labute approximate surface area is 165 Å². The van der Waals surface area contributed by atoms with Crippen LogP contribution in [0.25, 0.3) is 0 Å². The molecule has 0 spiro atoms. The molecule has 2 aliphatic rings. The second-order valence-corrected chi connectivity index (χ2v) is 7.96. The molecule has 1 atom stereocenters. The maximum absolute atomic E-state index is 12.3. The van der Waals surface area contributed by atoms with Gasteiger partial charge in [0.05, 0.1) is 6.04 Å². The summed E-state index contributed by atoms with van der Waals surface area (Å²) >= 11 is 7.65. The lowest BCUT2D eigenvalue weighted by Gasteiger charge is -2.23. The number of aliphatic imine (C=N–C) groups is 1. The average Bonchev–Trinajstić information content (AvgIpc) is 2.91. The van der Waals surface area contributed by atoms with E-state index in [2.05, 4.69) is 17.3 Å². The molecular formula is C18H25Cl2N3OS. The lowest BCUT2D eigenvalue weighted by molar-refractivity contribution is -0.116. The predicted octanol–water partition coefficient (Wildman–Crippen LogP) is 4.83. The fourth-order valence-corrected chi connectivity index (χ4v) is 4.58. The number of carbonyl (C=O) groups excluding carboxylic acids is 1. The maximum Gasteiger partial charge on any atom is 0.226 e. The van der Waals surface area contributed by atoms with Crippen molar-refractivity contribution in [1.82, 2.24) is 4.90 Å². The molecule has 1 heterocycles. The van der Waals surface area contributed by atoms with Crippen LogP contribution >= 0.6 is 35.8 Å². The third kappa shape index (κ3) is 5.80. The Morgan fingerprint density at radius 2 is 1.96 bits per heavy atom. The number of carbonyl (C=O) groups is 1. The number of nitrogens with one attached hydrogen (secondary N) is 1. The normalized spacial score (nSPS) is 22.7. The molecule has 0 aromatic heterocycles. The van der Waals surface area contributed by atoms with Crippen molar-refractivity contribution in [3.63, 3.8) is 0 Å². The Hall–Kier alpha value is -0.910. The minimum Gasteiger partial charge on any atom is -0.350 e.